The first-order valence-electron chi connectivity index (χ1n) is 7.87. The SMILES string of the molecule is c1ccc(CN(Cc2ccccc2)[C@@H]2CC[C@@H]3O[C@@H]32)cc1. The van der Waals surface area contributed by atoms with E-state index in [1.165, 1.54) is 24.0 Å². The van der Waals surface area contributed by atoms with Gasteiger partial charge >= 0.3 is 0 Å². The van der Waals surface area contributed by atoms with Crippen molar-refractivity contribution in [3.05, 3.63) is 71.8 Å². The van der Waals surface area contributed by atoms with Crippen molar-refractivity contribution in [2.45, 2.75) is 44.2 Å². The Bertz CT molecular complexity index is 542. The minimum atomic E-state index is 0.484. The van der Waals surface area contributed by atoms with Gasteiger partial charge in [-0.05, 0) is 24.0 Å². The Hall–Kier alpha value is -1.64. The summed E-state index contributed by atoms with van der Waals surface area (Å²) in [5.41, 5.74) is 2.77. The number of nitrogens with zero attached hydrogens (tertiary/aromatic N) is 1. The molecule has 2 heteroatoms. The maximum absolute atomic E-state index is 5.78. The highest BCUT2D eigenvalue weighted by Crippen LogP contribution is 2.42. The Morgan fingerprint density at radius 1 is 0.810 bits per heavy atom. The highest BCUT2D eigenvalue weighted by molar-refractivity contribution is 5.18. The molecule has 0 spiro atoms. The number of ether oxygens (including phenoxy) is 1. The molecule has 0 N–H and O–H groups in total. The molecule has 108 valence electrons. The number of epoxide rings is 1. The van der Waals surface area contributed by atoms with Crippen molar-refractivity contribution >= 4 is 0 Å². The van der Waals surface area contributed by atoms with Gasteiger partial charge in [0.15, 0.2) is 0 Å². The van der Waals surface area contributed by atoms with Gasteiger partial charge in [0.25, 0.3) is 0 Å². The number of fused-ring (bicyclic) bond motifs is 1. The number of benzene rings is 2. The molecule has 1 aliphatic carbocycles. The molecule has 2 aliphatic rings. The Morgan fingerprint density at radius 2 is 1.38 bits per heavy atom. The Balaban J connectivity index is 1.53. The molecule has 2 aromatic carbocycles. The van der Waals surface area contributed by atoms with Crippen molar-refractivity contribution in [3.8, 4) is 0 Å². The van der Waals surface area contributed by atoms with Crippen LogP contribution < -0.4 is 0 Å². The molecule has 4 rings (SSSR count). The summed E-state index contributed by atoms with van der Waals surface area (Å²) in [7, 11) is 0. The minimum absolute atomic E-state index is 0.484. The molecule has 21 heavy (non-hydrogen) atoms. The molecule has 0 unspecified atom stereocenters. The lowest BCUT2D eigenvalue weighted by molar-refractivity contribution is 0.130. The van der Waals surface area contributed by atoms with Crippen molar-refractivity contribution < 1.29 is 4.74 Å². The van der Waals surface area contributed by atoms with Crippen LogP contribution in [0.5, 0.6) is 0 Å². The monoisotopic (exact) mass is 279 g/mol. The van der Waals surface area contributed by atoms with Gasteiger partial charge in [-0.1, -0.05) is 60.7 Å². The number of hydrogen-bond donors (Lipinski definition) is 0. The van der Waals surface area contributed by atoms with Gasteiger partial charge in [-0.15, -0.1) is 0 Å². The van der Waals surface area contributed by atoms with Crippen LogP contribution in [0.15, 0.2) is 60.7 Å². The predicted molar refractivity (Wildman–Crippen MR) is 83.8 cm³/mol. The molecular formula is C19H21NO. The first kappa shape index (κ1) is 13.1. The van der Waals surface area contributed by atoms with E-state index in [4.69, 9.17) is 4.74 Å². The lowest BCUT2D eigenvalue weighted by Gasteiger charge is -2.29. The van der Waals surface area contributed by atoms with Crippen LogP contribution in [-0.4, -0.2) is 23.1 Å². The second kappa shape index (κ2) is 5.63. The summed E-state index contributed by atoms with van der Waals surface area (Å²) < 4.78 is 5.78. The maximum Gasteiger partial charge on any atom is 0.0996 e. The van der Waals surface area contributed by atoms with Gasteiger partial charge in [0.05, 0.1) is 12.2 Å². The summed E-state index contributed by atoms with van der Waals surface area (Å²) in [5, 5.41) is 0. The van der Waals surface area contributed by atoms with E-state index in [0.29, 0.717) is 18.2 Å². The second-order valence-electron chi connectivity index (χ2n) is 6.16. The van der Waals surface area contributed by atoms with Gasteiger partial charge in [0, 0.05) is 19.1 Å². The summed E-state index contributed by atoms with van der Waals surface area (Å²) in [6.45, 7) is 2.01. The first-order chi connectivity index (χ1) is 10.4. The topological polar surface area (TPSA) is 15.8 Å². The van der Waals surface area contributed by atoms with Crippen molar-refractivity contribution in [1.29, 1.82) is 0 Å². The zero-order chi connectivity index (χ0) is 14.1. The highest BCUT2D eigenvalue weighted by Gasteiger charge is 2.52. The fourth-order valence-electron chi connectivity index (χ4n) is 3.54. The molecule has 1 saturated carbocycles. The fraction of sp³-hybridized carbons (Fsp3) is 0.368. The van der Waals surface area contributed by atoms with E-state index in [1.54, 1.807) is 0 Å². The van der Waals surface area contributed by atoms with Crippen LogP contribution in [0.3, 0.4) is 0 Å². The Labute approximate surface area is 126 Å². The molecule has 2 fully saturated rings. The van der Waals surface area contributed by atoms with E-state index in [0.717, 1.165) is 13.1 Å². The molecule has 2 aromatic rings. The molecule has 0 bridgehead atoms. The molecule has 0 aromatic heterocycles. The Morgan fingerprint density at radius 3 is 1.81 bits per heavy atom. The Kier molecular flexibility index (Phi) is 3.50. The van der Waals surface area contributed by atoms with Crippen LogP contribution in [0.1, 0.15) is 24.0 Å². The average molecular weight is 279 g/mol. The molecular weight excluding hydrogens is 258 g/mol. The van der Waals surface area contributed by atoms with Gasteiger partial charge in [-0.3, -0.25) is 4.90 Å². The van der Waals surface area contributed by atoms with Crippen LogP contribution in [0.2, 0.25) is 0 Å². The zero-order valence-electron chi connectivity index (χ0n) is 12.2. The predicted octanol–water partition coefficient (Wildman–Crippen LogP) is 3.62. The van der Waals surface area contributed by atoms with Gasteiger partial charge in [-0.25, -0.2) is 0 Å². The van der Waals surface area contributed by atoms with E-state index in [1.807, 2.05) is 0 Å². The van der Waals surface area contributed by atoms with Gasteiger partial charge in [-0.2, -0.15) is 0 Å². The molecule has 0 amide bonds. The van der Waals surface area contributed by atoms with Gasteiger partial charge < -0.3 is 4.74 Å². The second-order valence-corrected chi connectivity index (χ2v) is 6.16. The van der Waals surface area contributed by atoms with Crippen molar-refractivity contribution in [2.24, 2.45) is 0 Å². The highest BCUT2D eigenvalue weighted by atomic mass is 16.6. The molecule has 1 aliphatic heterocycles. The van der Waals surface area contributed by atoms with E-state index < -0.39 is 0 Å². The van der Waals surface area contributed by atoms with Crippen LogP contribution in [0.25, 0.3) is 0 Å². The summed E-state index contributed by atoms with van der Waals surface area (Å²) in [6, 6.07) is 22.1. The van der Waals surface area contributed by atoms with Crippen LogP contribution in [0, 0.1) is 0 Å². The van der Waals surface area contributed by atoms with E-state index >= 15 is 0 Å². The third-order valence-electron chi connectivity index (χ3n) is 4.67. The minimum Gasteiger partial charge on any atom is -0.368 e. The first-order valence-corrected chi connectivity index (χ1v) is 7.87. The summed E-state index contributed by atoms with van der Waals surface area (Å²) in [4.78, 5) is 2.60. The molecule has 2 nitrogen and oxygen atoms in total. The average Bonchev–Trinajstić information content (AvgIpc) is 3.19. The normalized spacial score (nSPS) is 26.8. The third kappa shape index (κ3) is 2.87. The van der Waals surface area contributed by atoms with Crippen molar-refractivity contribution in [3.63, 3.8) is 0 Å². The fourth-order valence-corrected chi connectivity index (χ4v) is 3.54. The van der Waals surface area contributed by atoms with E-state index in [2.05, 4.69) is 65.6 Å². The smallest absolute Gasteiger partial charge is 0.0996 e. The summed E-state index contributed by atoms with van der Waals surface area (Å²) >= 11 is 0. The van der Waals surface area contributed by atoms with Gasteiger partial charge in [0.1, 0.15) is 0 Å². The van der Waals surface area contributed by atoms with Crippen LogP contribution in [0.4, 0.5) is 0 Å². The van der Waals surface area contributed by atoms with Crippen LogP contribution >= 0.6 is 0 Å². The van der Waals surface area contributed by atoms with Gasteiger partial charge in [0.2, 0.25) is 0 Å². The number of rotatable bonds is 5. The largest absolute Gasteiger partial charge is 0.368 e. The molecule has 1 saturated heterocycles. The van der Waals surface area contributed by atoms with E-state index in [-0.39, 0.29) is 0 Å². The standard InChI is InChI=1S/C19H21NO/c1-3-7-15(8-4-1)13-20(14-16-9-5-2-6-10-16)17-11-12-18-19(17)21-18/h1-10,17-19H,11-14H2/t17-,18+,19-/m1/s1. The lowest BCUT2D eigenvalue weighted by atomic mass is 10.1. The maximum atomic E-state index is 5.78. The zero-order valence-corrected chi connectivity index (χ0v) is 12.2. The number of hydrogen-bond acceptors (Lipinski definition) is 2. The third-order valence-corrected chi connectivity index (χ3v) is 4.67. The van der Waals surface area contributed by atoms with Crippen molar-refractivity contribution in [2.75, 3.05) is 0 Å². The molecule has 3 atom stereocenters. The van der Waals surface area contributed by atoms with Crippen molar-refractivity contribution in [1.82, 2.24) is 4.90 Å². The summed E-state index contributed by atoms with van der Waals surface area (Å²) in [6.07, 6.45) is 3.53. The molecule has 0 radical (unpaired) electrons. The van der Waals surface area contributed by atoms with Crippen LogP contribution in [-0.2, 0) is 17.8 Å². The quantitative estimate of drug-likeness (QED) is 0.777. The van der Waals surface area contributed by atoms with E-state index in [9.17, 15) is 0 Å². The lowest BCUT2D eigenvalue weighted by Crippen LogP contribution is -2.36. The molecule has 1 heterocycles. The summed E-state index contributed by atoms with van der Waals surface area (Å²) in [5.74, 6) is 0.